The molecule has 0 aliphatic carbocycles. The Morgan fingerprint density at radius 2 is 2.04 bits per heavy atom. The van der Waals surface area contributed by atoms with E-state index in [4.69, 9.17) is 0 Å². The van der Waals surface area contributed by atoms with Gasteiger partial charge in [-0.3, -0.25) is 9.55 Å². The molecule has 0 radical (unpaired) electrons. The third kappa shape index (κ3) is 3.76. The molecule has 0 saturated carbocycles. The van der Waals surface area contributed by atoms with E-state index in [-0.39, 0.29) is 23.0 Å². The molecule has 26 heavy (non-hydrogen) atoms. The zero-order valence-corrected chi connectivity index (χ0v) is 16.0. The number of aromatic nitrogens is 4. The molecule has 0 amide bonds. The van der Waals surface area contributed by atoms with Crippen molar-refractivity contribution >= 4 is 21.4 Å². The van der Waals surface area contributed by atoms with E-state index in [1.165, 1.54) is 20.6 Å². The summed E-state index contributed by atoms with van der Waals surface area (Å²) in [7, 11) is -1.97. The first-order valence-corrected chi connectivity index (χ1v) is 10.4. The maximum atomic E-state index is 12.3. The molecule has 3 aromatic heterocycles. The van der Waals surface area contributed by atoms with Gasteiger partial charge in [0, 0.05) is 24.7 Å². The highest BCUT2D eigenvalue weighted by Gasteiger charge is 2.17. The number of nitrogens with zero attached hydrogens (tertiary/aromatic N) is 4. The van der Waals surface area contributed by atoms with Crippen LogP contribution in [-0.4, -0.2) is 34.3 Å². The van der Waals surface area contributed by atoms with Crippen molar-refractivity contribution in [3.05, 3.63) is 51.9 Å². The van der Waals surface area contributed by atoms with Gasteiger partial charge in [-0.05, 0) is 30.7 Å². The van der Waals surface area contributed by atoms with Gasteiger partial charge in [-0.25, -0.2) is 22.6 Å². The molecule has 8 nitrogen and oxygen atoms in total. The van der Waals surface area contributed by atoms with Crippen molar-refractivity contribution in [1.82, 2.24) is 24.1 Å². The average molecular weight is 393 g/mol. The monoisotopic (exact) mass is 393 g/mol. The zero-order valence-electron chi connectivity index (χ0n) is 14.4. The van der Waals surface area contributed by atoms with E-state index in [1.54, 1.807) is 31.4 Å². The van der Waals surface area contributed by atoms with Gasteiger partial charge in [0.15, 0.2) is 5.82 Å². The van der Waals surface area contributed by atoms with E-state index in [0.717, 1.165) is 11.3 Å². The highest BCUT2D eigenvalue weighted by molar-refractivity contribution is 7.91. The van der Waals surface area contributed by atoms with Crippen molar-refractivity contribution < 1.29 is 8.42 Å². The fourth-order valence-corrected chi connectivity index (χ4v) is 4.76. The molecule has 10 heteroatoms. The van der Waals surface area contributed by atoms with Crippen LogP contribution in [0.15, 0.2) is 45.5 Å². The quantitative estimate of drug-likeness (QED) is 0.651. The first kappa shape index (κ1) is 18.5. The topological polar surface area (TPSA) is 98.9 Å². The molecule has 0 aromatic carbocycles. The lowest BCUT2D eigenvalue weighted by molar-refractivity contribution is 0.552. The first-order chi connectivity index (χ1) is 12.4. The molecule has 0 saturated heterocycles. The summed E-state index contributed by atoms with van der Waals surface area (Å²) < 4.78 is 30.0. The van der Waals surface area contributed by atoms with Crippen LogP contribution < -0.4 is 10.4 Å². The summed E-state index contributed by atoms with van der Waals surface area (Å²) in [4.78, 5) is 17.5. The fourth-order valence-electron chi connectivity index (χ4n) is 2.40. The summed E-state index contributed by atoms with van der Waals surface area (Å²) in [6, 6.07) is 8.75. The van der Waals surface area contributed by atoms with Gasteiger partial charge >= 0.3 is 5.69 Å². The Morgan fingerprint density at radius 3 is 2.69 bits per heavy atom. The fraction of sp³-hybridized carbons (Fsp3) is 0.312. The van der Waals surface area contributed by atoms with Crippen LogP contribution in [0.2, 0.25) is 0 Å². The van der Waals surface area contributed by atoms with Gasteiger partial charge < -0.3 is 0 Å². The number of nitrogens with one attached hydrogen (secondary N) is 1. The second-order valence-electron chi connectivity index (χ2n) is 5.58. The number of hydrogen-bond acceptors (Lipinski definition) is 6. The Balaban J connectivity index is 1.71. The molecular formula is C16H19N5O3S2. The number of pyridine rings is 1. The Hall–Kier alpha value is -2.30. The normalized spacial score (nSPS) is 11.8. The third-order valence-corrected chi connectivity index (χ3v) is 6.98. The van der Waals surface area contributed by atoms with Crippen molar-refractivity contribution in [2.24, 2.45) is 7.05 Å². The maximum Gasteiger partial charge on any atom is 0.346 e. The van der Waals surface area contributed by atoms with Crippen LogP contribution >= 0.6 is 11.3 Å². The lowest BCUT2D eigenvalue weighted by atomic mass is 10.3. The van der Waals surface area contributed by atoms with E-state index < -0.39 is 10.0 Å². The molecule has 138 valence electrons. The van der Waals surface area contributed by atoms with E-state index in [1.807, 2.05) is 19.1 Å². The molecule has 0 fully saturated rings. The van der Waals surface area contributed by atoms with Crippen molar-refractivity contribution in [2.45, 2.75) is 24.1 Å². The molecule has 0 spiro atoms. The minimum atomic E-state index is -3.58. The Kier molecular flexibility index (Phi) is 5.35. The van der Waals surface area contributed by atoms with Crippen molar-refractivity contribution in [2.75, 3.05) is 6.54 Å². The highest BCUT2D eigenvalue weighted by atomic mass is 32.2. The number of hydrogen-bond donors (Lipinski definition) is 1. The maximum absolute atomic E-state index is 12.3. The van der Waals surface area contributed by atoms with Gasteiger partial charge in [-0.15, -0.1) is 16.4 Å². The Bertz CT molecular complexity index is 1050. The molecular weight excluding hydrogens is 374 g/mol. The van der Waals surface area contributed by atoms with Gasteiger partial charge in [0.2, 0.25) is 10.0 Å². The lowest BCUT2D eigenvalue weighted by Crippen LogP contribution is -2.31. The van der Waals surface area contributed by atoms with Crippen molar-refractivity contribution in [1.29, 1.82) is 0 Å². The van der Waals surface area contributed by atoms with E-state index >= 15 is 0 Å². The number of thiophene rings is 1. The summed E-state index contributed by atoms with van der Waals surface area (Å²) in [5.41, 5.74) is 0.256. The summed E-state index contributed by atoms with van der Waals surface area (Å²) in [6.07, 6.45) is 2.42. The van der Waals surface area contributed by atoms with E-state index in [9.17, 15) is 13.2 Å². The minimum absolute atomic E-state index is 0.0697. The second kappa shape index (κ2) is 7.52. The lowest BCUT2D eigenvalue weighted by Gasteiger charge is -2.04. The summed E-state index contributed by atoms with van der Waals surface area (Å²) >= 11 is 1.25. The molecule has 1 N–H and O–H groups in total. The molecule has 3 heterocycles. The summed E-state index contributed by atoms with van der Waals surface area (Å²) in [5, 5.41) is 4.26. The number of aryl methyl sites for hydroxylation is 1. The second-order valence-corrected chi connectivity index (χ2v) is 8.74. The molecule has 0 aliphatic rings. The molecule has 0 bridgehead atoms. The number of sulfonamides is 1. The largest absolute Gasteiger partial charge is 0.346 e. The van der Waals surface area contributed by atoms with E-state index in [2.05, 4.69) is 14.8 Å². The Labute approximate surface area is 155 Å². The van der Waals surface area contributed by atoms with Crippen LogP contribution in [0.4, 0.5) is 0 Å². The first-order valence-electron chi connectivity index (χ1n) is 8.06. The van der Waals surface area contributed by atoms with Crippen LogP contribution in [0.5, 0.6) is 0 Å². The zero-order chi connectivity index (χ0) is 18.7. The molecule has 0 unspecified atom stereocenters. The smallest absolute Gasteiger partial charge is 0.277 e. The van der Waals surface area contributed by atoms with Gasteiger partial charge in [0.25, 0.3) is 0 Å². The molecule has 0 aliphatic heterocycles. The van der Waals surface area contributed by atoms with Gasteiger partial charge in [-0.1, -0.05) is 13.0 Å². The third-order valence-electron chi connectivity index (χ3n) is 3.80. The average Bonchev–Trinajstić information content (AvgIpc) is 3.23. The molecule has 3 aromatic rings. The van der Waals surface area contributed by atoms with Crippen LogP contribution in [0, 0.1) is 0 Å². The predicted molar refractivity (Wildman–Crippen MR) is 99.6 cm³/mol. The minimum Gasteiger partial charge on any atom is -0.277 e. The summed E-state index contributed by atoms with van der Waals surface area (Å²) in [5.74, 6) is 0.435. The summed E-state index contributed by atoms with van der Waals surface area (Å²) in [6.45, 7) is 2.17. The SMILES string of the molecule is CCc1ccc(S(=O)(=O)NCCn2nc(-c3ccccn3)n(C)c2=O)s1. The van der Waals surface area contributed by atoms with Crippen LogP contribution in [0.3, 0.4) is 0 Å². The standard InChI is InChI=1S/C16H19N5O3S2/c1-3-12-7-8-14(25-12)26(23,24)18-10-11-21-16(22)20(2)15(19-21)13-6-4-5-9-17-13/h4-9,18H,3,10-11H2,1-2H3. The van der Waals surface area contributed by atoms with Crippen molar-refractivity contribution in [3.63, 3.8) is 0 Å². The van der Waals surface area contributed by atoms with Crippen LogP contribution in [-0.2, 0) is 30.0 Å². The number of rotatable bonds is 7. The van der Waals surface area contributed by atoms with Crippen LogP contribution in [0.1, 0.15) is 11.8 Å². The Morgan fingerprint density at radius 1 is 1.23 bits per heavy atom. The molecule has 0 atom stereocenters. The van der Waals surface area contributed by atoms with Crippen molar-refractivity contribution in [3.8, 4) is 11.5 Å². The van der Waals surface area contributed by atoms with Gasteiger partial charge in [0.1, 0.15) is 9.90 Å². The van der Waals surface area contributed by atoms with Gasteiger partial charge in [-0.2, -0.15) is 0 Å². The van der Waals surface area contributed by atoms with Gasteiger partial charge in [0.05, 0.1) is 6.54 Å². The molecule has 3 rings (SSSR count). The van der Waals surface area contributed by atoms with E-state index in [0.29, 0.717) is 11.5 Å². The predicted octanol–water partition coefficient (Wildman–Crippen LogP) is 1.25. The van der Waals surface area contributed by atoms with Crippen LogP contribution in [0.25, 0.3) is 11.5 Å². The highest BCUT2D eigenvalue weighted by Crippen LogP contribution is 2.21.